The Labute approximate surface area is 157 Å². The monoisotopic (exact) mass is 366 g/mol. The Bertz CT molecular complexity index is 941. The van der Waals surface area contributed by atoms with Crippen LogP contribution in [0.15, 0.2) is 53.7 Å². The van der Waals surface area contributed by atoms with E-state index < -0.39 is 0 Å². The first-order valence-corrected chi connectivity index (χ1v) is 9.17. The minimum absolute atomic E-state index is 0.109. The molecule has 0 fully saturated rings. The zero-order valence-electron chi connectivity index (χ0n) is 15.3. The van der Waals surface area contributed by atoms with Crippen LogP contribution in [0.5, 0.6) is 5.75 Å². The van der Waals surface area contributed by atoms with Gasteiger partial charge in [0.15, 0.2) is 5.96 Å². The smallest absolute Gasteiger partial charge is 0.191 e. The van der Waals surface area contributed by atoms with Gasteiger partial charge in [0, 0.05) is 37.1 Å². The van der Waals surface area contributed by atoms with Crippen LogP contribution in [0, 0.1) is 5.82 Å². The first-order valence-electron chi connectivity index (χ1n) is 9.17. The van der Waals surface area contributed by atoms with Crippen LogP contribution in [0.3, 0.4) is 0 Å². The highest BCUT2D eigenvalue weighted by atomic mass is 19.1. The summed E-state index contributed by atoms with van der Waals surface area (Å²) >= 11 is 0. The Hall–Kier alpha value is -3.02. The van der Waals surface area contributed by atoms with Gasteiger partial charge in [-0.1, -0.05) is 18.2 Å². The highest BCUT2D eigenvalue weighted by molar-refractivity contribution is 5.83. The molecule has 0 amide bonds. The van der Waals surface area contributed by atoms with Gasteiger partial charge in [-0.3, -0.25) is 4.99 Å². The molecule has 0 saturated heterocycles. The normalized spacial score (nSPS) is 16.2. The van der Waals surface area contributed by atoms with Gasteiger partial charge >= 0.3 is 0 Å². The molecule has 1 aromatic heterocycles. The summed E-state index contributed by atoms with van der Waals surface area (Å²) in [6.07, 6.45) is 3.72. The van der Waals surface area contributed by atoms with Crippen LogP contribution in [0.25, 0.3) is 10.9 Å². The average Bonchev–Trinajstić information content (AvgIpc) is 3.28. The van der Waals surface area contributed by atoms with Gasteiger partial charge < -0.3 is 20.4 Å². The number of aromatic nitrogens is 1. The number of para-hydroxylation sites is 1. The highest BCUT2D eigenvalue weighted by Crippen LogP contribution is 2.27. The van der Waals surface area contributed by atoms with E-state index in [1.54, 1.807) is 19.2 Å². The van der Waals surface area contributed by atoms with Gasteiger partial charge in [-0.2, -0.15) is 0 Å². The second-order valence-electron chi connectivity index (χ2n) is 6.69. The quantitative estimate of drug-likeness (QED) is 0.481. The van der Waals surface area contributed by atoms with Crippen molar-refractivity contribution in [2.75, 3.05) is 20.1 Å². The fraction of sp³-hybridized carbons (Fsp3) is 0.286. The zero-order chi connectivity index (χ0) is 18.6. The topological polar surface area (TPSA) is 61.4 Å². The molecule has 0 radical (unpaired) electrons. The summed E-state index contributed by atoms with van der Waals surface area (Å²) in [5, 5.41) is 7.55. The second-order valence-corrected chi connectivity index (χ2v) is 6.69. The molecule has 5 nitrogen and oxygen atoms in total. The lowest BCUT2D eigenvalue weighted by atomic mass is 10.1. The van der Waals surface area contributed by atoms with E-state index in [1.807, 2.05) is 24.4 Å². The summed E-state index contributed by atoms with van der Waals surface area (Å²) in [4.78, 5) is 7.45. The largest absolute Gasteiger partial charge is 0.488 e. The number of rotatable bonds is 5. The molecule has 2 heterocycles. The number of fused-ring (bicyclic) bond motifs is 2. The number of H-pyrrole nitrogens is 1. The summed E-state index contributed by atoms with van der Waals surface area (Å²) in [6.45, 7) is 1.39. The highest BCUT2D eigenvalue weighted by Gasteiger charge is 2.22. The van der Waals surface area contributed by atoms with Crippen LogP contribution in [-0.2, 0) is 12.8 Å². The van der Waals surface area contributed by atoms with E-state index in [2.05, 4.69) is 26.7 Å². The van der Waals surface area contributed by atoms with Crippen LogP contribution in [0.1, 0.15) is 11.1 Å². The second kappa shape index (κ2) is 7.70. The van der Waals surface area contributed by atoms with E-state index in [0.29, 0.717) is 13.1 Å². The number of aliphatic imine (C=N–C) groups is 1. The van der Waals surface area contributed by atoms with Crippen LogP contribution in [0.4, 0.5) is 4.39 Å². The van der Waals surface area contributed by atoms with Gasteiger partial charge in [-0.05, 0) is 41.8 Å². The zero-order valence-corrected chi connectivity index (χ0v) is 15.3. The van der Waals surface area contributed by atoms with Crippen LogP contribution in [0.2, 0.25) is 0 Å². The van der Waals surface area contributed by atoms with Crippen LogP contribution >= 0.6 is 0 Å². The van der Waals surface area contributed by atoms with Crippen molar-refractivity contribution in [2.24, 2.45) is 4.99 Å². The summed E-state index contributed by atoms with van der Waals surface area (Å²) in [7, 11) is 1.75. The molecule has 3 N–H and O–H groups in total. The third-order valence-electron chi connectivity index (χ3n) is 4.85. The number of aromatic amines is 1. The van der Waals surface area contributed by atoms with Crippen molar-refractivity contribution in [3.63, 3.8) is 0 Å². The van der Waals surface area contributed by atoms with Crippen molar-refractivity contribution in [3.05, 3.63) is 65.6 Å². The molecule has 1 unspecified atom stereocenters. The number of hydrogen-bond acceptors (Lipinski definition) is 2. The summed E-state index contributed by atoms with van der Waals surface area (Å²) in [5.74, 6) is 1.49. The van der Waals surface area contributed by atoms with Crippen molar-refractivity contribution < 1.29 is 9.13 Å². The average molecular weight is 366 g/mol. The molecule has 1 atom stereocenters. The third kappa shape index (κ3) is 3.89. The predicted octanol–water partition coefficient (Wildman–Crippen LogP) is 3.02. The van der Waals surface area contributed by atoms with Crippen molar-refractivity contribution in [1.29, 1.82) is 0 Å². The number of guanidine groups is 1. The molecule has 1 aliphatic heterocycles. The fourth-order valence-corrected chi connectivity index (χ4v) is 3.47. The Morgan fingerprint density at radius 3 is 3.00 bits per heavy atom. The lowest BCUT2D eigenvalue weighted by molar-refractivity contribution is 0.235. The standard InChI is InChI=1S/C21H23FN4O/c1-23-21(26-13-17-10-14-4-2-3-5-20(14)27-17)24-9-8-15-12-25-19-7-6-16(22)11-18(15)19/h2-7,11-12,17,25H,8-10,13H2,1H3,(H2,23,24,26). The van der Waals surface area contributed by atoms with Gasteiger partial charge in [0.1, 0.15) is 17.7 Å². The van der Waals surface area contributed by atoms with Gasteiger partial charge in [0.2, 0.25) is 0 Å². The lowest BCUT2D eigenvalue weighted by Crippen LogP contribution is -2.42. The Morgan fingerprint density at radius 1 is 1.26 bits per heavy atom. The number of benzene rings is 2. The van der Waals surface area contributed by atoms with E-state index in [4.69, 9.17) is 4.74 Å². The minimum Gasteiger partial charge on any atom is -0.488 e. The molecule has 140 valence electrons. The van der Waals surface area contributed by atoms with Crippen molar-refractivity contribution in [2.45, 2.75) is 18.9 Å². The van der Waals surface area contributed by atoms with Crippen LogP contribution in [-0.4, -0.2) is 37.2 Å². The third-order valence-corrected chi connectivity index (χ3v) is 4.85. The molecule has 6 heteroatoms. The van der Waals surface area contributed by atoms with E-state index in [9.17, 15) is 4.39 Å². The number of nitrogens with one attached hydrogen (secondary N) is 3. The van der Waals surface area contributed by atoms with Crippen LogP contribution < -0.4 is 15.4 Å². The lowest BCUT2D eigenvalue weighted by Gasteiger charge is -2.15. The number of halogens is 1. The van der Waals surface area contributed by atoms with Crippen molar-refractivity contribution >= 4 is 16.9 Å². The SMILES string of the molecule is CN=C(NCCc1c[nH]c2ccc(F)cc12)NCC1Cc2ccccc2O1. The molecule has 3 aromatic rings. The molecule has 1 aliphatic rings. The number of ether oxygens (including phenoxy) is 1. The predicted molar refractivity (Wildman–Crippen MR) is 106 cm³/mol. The molecular formula is C21H23FN4O. The molecule has 0 aliphatic carbocycles. The first-order chi connectivity index (χ1) is 13.2. The van der Waals surface area contributed by atoms with E-state index in [1.165, 1.54) is 11.6 Å². The molecule has 0 bridgehead atoms. The van der Waals surface area contributed by atoms with Gasteiger partial charge in [-0.25, -0.2) is 4.39 Å². The molecule has 0 spiro atoms. The maximum atomic E-state index is 13.5. The summed E-state index contributed by atoms with van der Waals surface area (Å²) < 4.78 is 19.4. The van der Waals surface area contributed by atoms with Crippen molar-refractivity contribution in [1.82, 2.24) is 15.6 Å². The number of hydrogen-bond donors (Lipinski definition) is 3. The first kappa shape index (κ1) is 17.4. The summed E-state index contributed by atoms with van der Waals surface area (Å²) in [5.41, 5.74) is 3.28. The molecule has 0 saturated carbocycles. The van der Waals surface area contributed by atoms with E-state index in [-0.39, 0.29) is 11.9 Å². The molecule has 2 aromatic carbocycles. The molecule has 27 heavy (non-hydrogen) atoms. The van der Waals surface area contributed by atoms with Gasteiger partial charge in [0.25, 0.3) is 0 Å². The van der Waals surface area contributed by atoms with E-state index >= 15 is 0 Å². The maximum Gasteiger partial charge on any atom is 0.191 e. The summed E-state index contributed by atoms with van der Waals surface area (Å²) in [6, 6.07) is 12.9. The Kier molecular flexibility index (Phi) is 4.96. The minimum atomic E-state index is -0.216. The van der Waals surface area contributed by atoms with E-state index in [0.717, 1.165) is 41.0 Å². The Balaban J connectivity index is 1.27. The molecular weight excluding hydrogens is 343 g/mol. The Morgan fingerprint density at radius 2 is 2.15 bits per heavy atom. The fourth-order valence-electron chi connectivity index (χ4n) is 3.47. The maximum absolute atomic E-state index is 13.5. The van der Waals surface area contributed by atoms with Gasteiger partial charge in [0.05, 0.1) is 6.54 Å². The van der Waals surface area contributed by atoms with Crippen molar-refractivity contribution in [3.8, 4) is 5.75 Å². The number of nitrogens with zero attached hydrogens (tertiary/aromatic N) is 1. The molecule has 4 rings (SSSR count). The van der Waals surface area contributed by atoms with Gasteiger partial charge in [-0.15, -0.1) is 0 Å².